The second kappa shape index (κ2) is 7.54. The second-order valence-electron chi connectivity index (χ2n) is 4.34. The minimum absolute atomic E-state index is 0.310. The van der Waals surface area contributed by atoms with Crippen LogP contribution in [0.5, 0.6) is 0 Å². The lowest BCUT2D eigenvalue weighted by Gasteiger charge is -2.18. The Labute approximate surface area is 126 Å². The smallest absolute Gasteiger partial charge is 0.0519 e. The summed E-state index contributed by atoms with van der Waals surface area (Å²) in [4.78, 5) is 0. The van der Waals surface area contributed by atoms with E-state index in [1.54, 1.807) is 0 Å². The third kappa shape index (κ3) is 5.10. The van der Waals surface area contributed by atoms with Crippen molar-refractivity contribution in [3.05, 3.63) is 43.5 Å². The third-order valence-corrected chi connectivity index (χ3v) is 3.88. The van der Waals surface area contributed by atoms with Crippen molar-refractivity contribution in [3.63, 3.8) is 0 Å². The predicted octanol–water partition coefficient (Wildman–Crippen LogP) is 5.06. The fourth-order valence-electron chi connectivity index (χ4n) is 1.64. The maximum Gasteiger partial charge on any atom is 0.0519 e. The molecule has 0 aliphatic carbocycles. The number of hydrogen-bond donors (Lipinski definition) is 1. The lowest BCUT2D eigenvalue weighted by Crippen LogP contribution is -2.21. The van der Waals surface area contributed by atoms with Gasteiger partial charge in [0.1, 0.15) is 0 Å². The highest BCUT2D eigenvalue weighted by molar-refractivity contribution is 14.1. The van der Waals surface area contributed by atoms with Crippen LogP contribution in [0.4, 0.5) is 0 Å². The van der Waals surface area contributed by atoms with E-state index in [9.17, 15) is 0 Å². The van der Waals surface area contributed by atoms with Crippen molar-refractivity contribution in [2.45, 2.75) is 33.2 Å². The van der Waals surface area contributed by atoms with Crippen LogP contribution < -0.4 is 5.32 Å². The van der Waals surface area contributed by atoms with Crippen LogP contribution in [-0.2, 0) is 0 Å². The van der Waals surface area contributed by atoms with Crippen molar-refractivity contribution in [1.29, 1.82) is 0 Å². The van der Waals surface area contributed by atoms with Gasteiger partial charge < -0.3 is 5.32 Å². The lowest BCUT2D eigenvalue weighted by atomic mass is 10.0. The van der Waals surface area contributed by atoms with Crippen LogP contribution in [0.2, 0.25) is 0 Å². The SMILES string of the molecule is CCCNC(C=C(C)C)c1cc(Br)ccc1I. The monoisotopic (exact) mass is 407 g/mol. The first-order chi connectivity index (χ1) is 8.04. The molecular weight excluding hydrogens is 389 g/mol. The van der Waals surface area contributed by atoms with E-state index >= 15 is 0 Å². The van der Waals surface area contributed by atoms with Gasteiger partial charge in [0.2, 0.25) is 0 Å². The molecule has 3 heteroatoms. The number of halogens is 2. The number of rotatable bonds is 5. The van der Waals surface area contributed by atoms with Gasteiger partial charge >= 0.3 is 0 Å². The van der Waals surface area contributed by atoms with E-state index in [0.717, 1.165) is 17.4 Å². The number of allylic oxidation sites excluding steroid dienone is 1. The highest BCUT2D eigenvalue weighted by atomic mass is 127. The average molecular weight is 408 g/mol. The predicted molar refractivity (Wildman–Crippen MR) is 87.3 cm³/mol. The normalized spacial score (nSPS) is 12.3. The molecule has 0 saturated heterocycles. The molecule has 1 aromatic rings. The molecule has 1 rings (SSSR count). The zero-order valence-electron chi connectivity index (χ0n) is 10.6. The van der Waals surface area contributed by atoms with Gasteiger partial charge in [-0.2, -0.15) is 0 Å². The molecule has 0 fully saturated rings. The zero-order valence-corrected chi connectivity index (χ0v) is 14.3. The van der Waals surface area contributed by atoms with Gasteiger partial charge in [-0.3, -0.25) is 0 Å². The molecule has 0 radical (unpaired) electrons. The van der Waals surface area contributed by atoms with Crippen LogP contribution in [-0.4, -0.2) is 6.54 Å². The lowest BCUT2D eigenvalue weighted by molar-refractivity contribution is 0.608. The standard InChI is InChI=1S/C14H19BrIN/c1-4-7-17-14(8-10(2)3)12-9-11(15)5-6-13(12)16/h5-6,8-9,14,17H,4,7H2,1-3H3. The van der Waals surface area contributed by atoms with Crippen LogP contribution >= 0.6 is 38.5 Å². The highest BCUT2D eigenvalue weighted by Gasteiger charge is 2.11. The summed E-state index contributed by atoms with van der Waals surface area (Å²) >= 11 is 5.95. The van der Waals surface area contributed by atoms with Gasteiger partial charge in [-0.05, 0) is 73.2 Å². The first-order valence-corrected chi connectivity index (χ1v) is 7.75. The highest BCUT2D eigenvalue weighted by Crippen LogP contribution is 2.25. The van der Waals surface area contributed by atoms with Gasteiger partial charge in [0, 0.05) is 8.04 Å². The molecule has 1 unspecified atom stereocenters. The molecule has 1 aromatic carbocycles. The maximum absolute atomic E-state index is 3.58. The fraction of sp³-hybridized carbons (Fsp3) is 0.429. The molecule has 0 heterocycles. The summed E-state index contributed by atoms with van der Waals surface area (Å²) in [6.45, 7) is 7.52. The molecule has 1 N–H and O–H groups in total. The molecule has 17 heavy (non-hydrogen) atoms. The molecule has 0 amide bonds. The molecule has 1 nitrogen and oxygen atoms in total. The van der Waals surface area contributed by atoms with Gasteiger partial charge in [0.15, 0.2) is 0 Å². The molecule has 0 aliphatic rings. The molecule has 0 aromatic heterocycles. The van der Waals surface area contributed by atoms with E-state index in [0.29, 0.717) is 6.04 Å². The third-order valence-electron chi connectivity index (χ3n) is 2.41. The topological polar surface area (TPSA) is 12.0 Å². The summed E-state index contributed by atoms with van der Waals surface area (Å²) in [6.07, 6.45) is 3.44. The van der Waals surface area contributed by atoms with E-state index in [1.807, 2.05) is 0 Å². The van der Waals surface area contributed by atoms with E-state index < -0.39 is 0 Å². The quantitative estimate of drug-likeness (QED) is 0.531. The van der Waals surface area contributed by atoms with Crippen molar-refractivity contribution >= 4 is 38.5 Å². The summed E-state index contributed by atoms with van der Waals surface area (Å²) in [6, 6.07) is 6.75. The van der Waals surface area contributed by atoms with Crippen molar-refractivity contribution in [2.75, 3.05) is 6.54 Å². The van der Waals surface area contributed by atoms with Crippen molar-refractivity contribution in [3.8, 4) is 0 Å². The van der Waals surface area contributed by atoms with Crippen LogP contribution in [0.15, 0.2) is 34.3 Å². The zero-order chi connectivity index (χ0) is 12.8. The van der Waals surface area contributed by atoms with Gasteiger partial charge in [-0.25, -0.2) is 0 Å². The van der Waals surface area contributed by atoms with Gasteiger partial charge in [0.25, 0.3) is 0 Å². The summed E-state index contributed by atoms with van der Waals surface area (Å²) < 4.78 is 2.44. The average Bonchev–Trinajstić information content (AvgIpc) is 2.27. The first-order valence-electron chi connectivity index (χ1n) is 5.88. The van der Waals surface area contributed by atoms with Crippen LogP contribution in [0.1, 0.15) is 38.8 Å². The Hall–Kier alpha value is 0.130. The summed E-state index contributed by atoms with van der Waals surface area (Å²) in [5.41, 5.74) is 2.68. The van der Waals surface area contributed by atoms with Gasteiger partial charge in [-0.15, -0.1) is 0 Å². The van der Waals surface area contributed by atoms with E-state index in [4.69, 9.17) is 0 Å². The van der Waals surface area contributed by atoms with Gasteiger partial charge in [-0.1, -0.05) is 34.5 Å². The van der Waals surface area contributed by atoms with Crippen molar-refractivity contribution in [2.24, 2.45) is 0 Å². The maximum atomic E-state index is 3.58. The summed E-state index contributed by atoms with van der Waals surface area (Å²) in [5.74, 6) is 0. The largest absolute Gasteiger partial charge is 0.307 e. The molecular formula is C14H19BrIN. The van der Waals surface area contributed by atoms with Gasteiger partial charge in [0.05, 0.1) is 6.04 Å². The van der Waals surface area contributed by atoms with Crippen LogP contribution in [0, 0.1) is 3.57 Å². The Morgan fingerprint density at radius 3 is 2.76 bits per heavy atom. The first kappa shape index (κ1) is 15.2. The van der Waals surface area contributed by atoms with Crippen molar-refractivity contribution < 1.29 is 0 Å². The molecule has 0 bridgehead atoms. The fourth-order valence-corrected chi connectivity index (χ4v) is 2.69. The summed E-state index contributed by atoms with van der Waals surface area (Å²) in [7, 11) is 0. The summed E-state index contributed by atoms with van der Waals surface area (Å²) in [5, 5.41) is 3.58. The second-order valence-corrected chi connectivity index (χ2v) is 6.42. The minimum Gasteiger partial charge on any atom is -0.307 e. The Kier molecular flexibility index (Phi) is 6.74. The molecule has 0 saturated carbocycles. The van der Waals surface area contributed by atoms with Crippen LogP contribution in [0.25, 0.3) is 0 Å². The Balaban J connectivity index is 3.03. The Morgan fingerprint density at radius 2 is 2.18 bits per heavy atom. The Bertz CT molecular complexity index is 397. The molecule has 94 valence electrons. The number of nitrogens with one attached hydrogen (secondary N) is 1. The number of hydrogen-bond acceptors (Lipinski definition) is 1. The molecule has 0 aliphatic heterocycles. The van der Waals surface area contributed by atoms with Crippen molar-refractivity contribution in [1.82, 2.24) is 5.32 Å². The molecule has 1 atom stereocenters. The minimum atomic E-state index is 0.310. The van der Waals surface area contributed by atoms with Crippen LogP contribution in [0.3, 0.4) is 0 Å². The molecule has 0 spiro atoms. The number of benzene rings is 1. The van der Waals surface area contributed by atoms with E-state index in [2.05, 4.69) is 88.9 Å². The van der Waals surface area contributed by atoms with E-state index in [-0.39, 0.29) is 0 Å². The Morgan fingerprint density at radius 1 is 1.47 bits per heavy atom. The van der Waals surface area contributed by atoms with E-state index in [1.165, 1.54) is 14.7 Å².